The second kappa shape index (κ2) is 8.60. The Hall–Kier alpha value is -3.29. The van der Waals surface area contributed by atoms with Crippen molar-refractivity contribution in [2.24, 2.45) is 0 Å². The van der Waals surface area contributed by atoms with Crippen molar-refractivity contribution in [2.75, 3.05) is 27.9 Å². The Kier molecular flexibility index (Phi) is 5.98. The Morgan fingerprint density at radius 3 is 2.64 bits per heavy atom. The number of rotatable bonds is 8. The number of hydrogen-bond acceptors (Lipinski definition) is 6. The Bertz CT molecular complexity index is 984. The molecule has 0 aliphatic carbocycles. The molecule has 0 fully saturated rings. The molecule has 0 unspecified atom stereocenters. The van der Waals surface area contributed by atoms with Gasteiger partial charge in [-0.2, -0.15) is 5.10 Å². The average Bonchev–Trinajstić information content (AvgIpc) is 3.08. The van der Waals surface area contributed by atoms with Gasteiger partial charge in [-0.1, -0.05) is 0 Å². The molecule has 8 nitrogen and oxygen atoms in total. The van der Waals surface area contributed by atoms with Crippen molar-refractivity contribution in [2.45, 2.75) is 19.8 Å². The van der Waals surface area contributed by atoms with E-state index < -0.39 is 0 Å². The molecule has 8 heteroatoms. The lowest BCUT2D eigenvalue weighted by atomic mass is 10.1. The molecule has 1 N–H and O–H groups in total. The number of methoxy groups -OCH3 is 3. The summed E-state index contributed by atoms with van der Waals surface area (Å²) >= 11 is 0. The number of amides is 1. The predicted octanol–water partition coefficient (Wildman–Crippen LogP) is 2.43. The summed E-state index contributed by atoms with van der Waals surface area (Å²) < 4.78 is 17.7. The molecule has 3 aromatic rings. The van der Waals surface area contributed by atoms with E-state index in [-0.39, 0.29) is 5.91 Å². The molecule has 0 radical (unpaired) electrons. The third-order valence-corrected chi connectivity index (χ3v) is 4.37. The number of ether oxygens (including phenoxy) is 3. The number of hydrogen-bond donors (Lipinski definition) is 1. The third kappa shape index (κ3) is 4.00. The summed E-state index contributed by atoms with van der Waals surface area (Å²) in [4.78, 5) is 17.0. The molecular formula is C20H24N4O4. The highest BCUT2D eigenvalue weighted by atomic mass is 16.5. The van der Waals surface area contributed by atoms with Crippen molar-refractivity contribution in [3.8, 4) is 17.2 Å². The quantitative estimate of drug-likeness (QED) is 0.600. The first-order valence-electron chi connectivity index (χ1n) is 8.95. The fourth-order valence-corrected chi connectivity index (χ4v) is 3.03. The fourth-order valence-electron chi connectivity index (χ4n) is 3.03. The van der Waals surface area contributed by atoms with E-state index >= 15 is 0 Å². The molecule has 0 saturated heterocycles. The number of nitrogens with zero attached hydrogens (tertiary/aromatic N) is 3. The lowest BCUT2D eigenvalue weighted by Crippen LogP contribution is -2.25. The highest BCUT2D eigenvalue weighted by Crippen LogP contribution is 2.39. The summed E-state index contributed by atoms with van der Waals surface area (Å²) in [6.45, 7) is 2.46. The number of benzene rings is 1. The van der Waals surface area contributed by atoms with Crippen LogP contribution in [-0.2, 0) is 6.42 Å². The molecule has 1 aromatic carbocycles. The Morgan fingerprint density at radius 2 is 1.93 bits per heavy atom. The highest BCUT2D eigenvalue weighted by Gasteiger charge is 2.20. The second-order valence-electron chi connectivity index (χ2n) is 6.29. The van der Waals surface area contributed by atoms with Gasteiger partial charge in [-0.15, -0.1) is 0 Å². The van der Waals surface area contributed by atoms with Gasteiger partial charge in [0, 0.05) is 25.0 Å². The van der Waals surface area contributed by atoms with Gasteiger partial charge >= 0.3 is 0 Å². The van der Waals surface area contributed by atoms with Crippen molar-refractivity contribution in [3.63, 3.8) is 0 Å². The first-order valence-corrected chi connectivity index (χ1v) is 8.95. The van der Waals surface area contributed by atoms with E-state index in [9.17, 15) is 4.79 Å². The molecule has 0 aliphatic heterocycles. The molecule has 0 aliphatic rings. The Morgan fingerprint density at radius 1 is 1.14 bits per heavy atom. The first kappa shape index (κ1) is 19.5. The number of aryl methyl sites for hydroxylation is 2. The van der Waals surface area contributed by atoms with Crippen LogP contribution in [0, 0.1) is 6.92 Å². The first-order chi connectivity index (χ1) is 13.6. The minimum Gasteiger partial charge on any atom is -0.493 e. The summed E-state index contributed by atoms with van der Waals surface area (Å²) in [7, 11) is 4.54. The van der Waals surface area contributed by atoms with E-state index in [1.807, 2.05) is 25.4 Å². The Labute approximate surface area is 163 Å². The smallest absolute Gasteiger partial charge is 0.255 e. The van der Waals surface area contributed by atoms with Crippen molar-refractivity contribution in [3.05, 3.63) is 47.4 Å². The van der Waals surface area contributed by atoms with Crippen LogP contribution in [0.3, 0.4) is 0 Å². The zero-order chi connectivity index (χ0) is 20.1. The van der Waals surface area contributed by atoms with Gasteiger partial charge in [0.05, 0.1) is 32.6 Å². The standard InChI is InChI=1S/C20H24N4O4/c1-13-10-17-22-11-14(12-24(17)23-13)6-5-9-21-20(25)15-7-8-16(26-2)19(28-4)18(15)27-3/h7-8,10-12H,5-6,9H2,1-4H3,(H,21,25). The van der Waals surface area contributed by atoms with Crippen LogP contribution in [-0.4, -0.2) is 48.4 Å². The molecule has 3 rings (SSSR count). The van der Waals surface area contributed by atoms with E-state index in [0.717, 1.165) is 29.7 Å². The molecule has 1 amide bonds. The molecule has 2 aromatic heterocycles. The normalized spacial score (nSPS) is 10.7. The Balaban J connectivity index is 1.60. The van der Waals surface area contributed by atoms with Crippen LogP contribution < -0.4 is 19.5 Å². The van der Waals surface area contributed by atoms with Crippen molar-refractivity contribution in [1.82, 2.24) is 19.9 Å². The summed E-state index contributed by atoms with van der Waals surface area (Å²) in [5.41, 5.74) is 3.22. The van der Waals surface area contributed by atoms with Gasteiger partial charge < -0.3 is 19.5 Å². The van der Waals surface area contributed by atoms with Crippen LogP contribution in [0.4, 0.5) is 0 Å². The maximum Gasteiger partial charge on any atom is 0.255 e. The van der Waals surface area contributed by atoms with Crippen molar-refractivity contribution < 1.29 is 19.0 Å². The third-order valence-electron chi connectivity index (χ3n) is 4.37. The van der Waals surface area contributed by atoms with E-state index in [1.54, 1.807) is 16.6 Å². The van der Waals surface area contributed by atoms with Crippen LogP contribution in [0.25, 0.3) is 5.65 Å². The minimum atomic E-state index is -0.228. The van der Waals surface area contributed by atoms with Crippen LogP contribution in [0.1, 0.15) is 28.0 Å². The van der Waals surface area contributed by atoms with Gasteiger partial charge in [0.25, 0.3) is 5.91 Å². The van der Waals surface area contributed by atoms with Gasteiger partial charge in [0.1, 0.15) is 0 Å². The summed E-state index contributed by atoms with van der Waals surface area (Å²) in [5, 5.41) is 7.28. The van der Waals surface area contributed by atoms with E-state index in [2.05, 4.69) is 15.4 Å². The van der Waals surface area contributed by atoms with Gasteiger partial charge in [-0.25, -0.2) is 9.50 Å². The van der Waals surface area contributed by atoms with Gasteiger partial charge in [0.15, 0.2) is 17.1 Å². The van der Waals surface area contributed by atoms with Gasteiger partial charge in [0.2, 0.25) is 5.75 Å². The van der Waals surface area contributed by atoms with E-state index in [4.69, 9.17) is 14.2 Å². The SMILES string of the molecule is COc1ccc(C(=O)NCCCc2cnc3cc(C)nn3c2)c(OC)c1OC. The van der Waals surface area contributed by atoms with Gasteiger partial charge in [-0.3, -0.25) is 4.79 Å². The molecule has 0 spiro atoms. The van der Waals surface area contributed by atoms with Crippen LogP contribution in [0.2, 0.25) is 0 Å². The summed E-state index contributed by atoms with van der Waals surface area (Å²) in [5.74, 6) is 1.02. The van der Waals surface area contributed by atoms with Crippen LogP contribution >= 0.6 is 0 Å². The van der Waals surface area contributed by atoms with E-state index in [0.29, 0.717) is 29.4 Å². The monoisotopic (exact) mass is 384 g/mol. The molecule has 0 saturated carbocycles. The lowest BCUT2D eigenvalue weighted by Gasteiger charge is -2.15. The largest absolute Gasteiger partial charge is 0.493 e. The predicted molar refractivity (Wildman–Crippen MR) is 104 cm³/mol. The van der Waals surface area contributed by atoms with Gasteiger partial charge in [-0.05, 0) is 37.5 Å². The topological polar surface area (TPSA) is 87.0 Å². The van der Waals surface area contributed by atoms with Crippen LogP contribution in [0.5, 0.6) is 17.2 Å². The summed E-state index contributed by atoms with van der Waals surface area (Å²) in [6.07, 6.45) is 5.37. The molecule has 0 atom stereocenters. The second-order valence-corrected chi connectivity index (χ2v) is 6.29. The lowest BCUT2D eigenvalue weighted by molar-refractivity contribution is 0.0949. The van der Waals surface area contributed by atoms with Crippen molar-refractivity contribution in [1.29, 1.82) is 0 Å². The van der Waals surface area contributed by atoms with Crippen LogP contribution in [0.15, 0.2) is 30.6 Å². The molecule has 2 heterocycles. The fraction of sp³-hybridized carbons (Fsp3) is 0.350. The zero-order valence-electron chi connectivity index (χ0n) is 16.5. The number of aromatic nitrogens is 3. The number of carbonyl (C=O) groups is 1. The summed E-state index contributed by atoms with van der Waals surface area (Å²) in [6, 6.07) is 5.27. The molecule has 148 valence electrons. The number of fused-ring (bicyclic) bond motifs is 1. The molecular weight excluding hydrogens is 360 g/mol. The molecule has 0 bridgehead atoms. The van der Waals surface area contributed by atoms with E-state index in [1.165, 1.54) is 21.3 Å². The number of carbonyl (C=O) groups excluding carboxylic acids is 1. The maximum absolute atomic E-state index is 12.6. The molecule has 28 heavy (non-hydrogen) atoms. The zero-order valence-corrected chi connectivity index (χ0v) is 16.5. The average molecular weight is 384 g/mol. The highest BCUT2D eigenvalue weighted by molar-refractivity contribution is 5.98. The minimum absolute atomic E-state index is 0.228. The van der Waals surface area contributed by atoms with Crippen molar-refractivity contribution >= 4 is 11.6 Å². The maximum atomic E-state index is 12.6. The number of nitrogens with one attached hydrogen (secondary N) is 1.